The largest absolute Gasteiger partial charge is 0.311 e. The Kier molecular flexibility index (Phi) is 5.63. The summed E-state index contributed by atoms with van der Waals surface area (Å²) in [5.41, 5.74) is 1.02. The molecule has 0 aliphatic carbocycles. The topological polar surface area (TPSA) is 37.8 Å². The minimum absolute atomic E-state index is 0.726. The van der Waals surface area contributed by atoms with Gasteiger partial charge in [0.2, 0.25) is 0 Å². The van der Waals surface area contributed by atoms with Gasteiger partial charge in [0.25, 0.3) is 0 Å². The van der Waals surface area contributed by atoms with Crippen molar-refractivity contribution in [3.63, 3.8) is 0 Å². The van der Waals surface area contributed by atoms with Crippen molar-refractivity contribution in [2.75, 3.05) is 6.54 Å². The normalized spacial score (nSPS) is 10.6. The van der Waals surface area contributed by atoms with Gasteiger partial charge in [0, 0.05) is 17.6 Å². The summed E-state index contributed by atoms with van der Waals surface area (Å²) in [6.07, 6.45) is 1.81. The van der Waals surface area contributed by atoms with Crippen LogP contribution in [0.1, 0.15) is 18.4 Å². The Hall–Kier alpha value is -1.10. The van der Waals surface area contributed by atoms with Gasteiger partial charge < -0.3 is 5.32 Å². The summed E-state index contributed by atoms with van der Waals surface area (Å²) in [7, 11) is 0. The lowest BCUT2D eigenvalue weighted by Gasteiger charge is -2.05. The van der Waals surface area contributed by atoms with Gasteiger partial charge >= 0.3 is 0 Å². The first-order chi connectivity index (χ1) is 9.29. The molecular formula is C14H16ClN3S. The van der Waals surface area contributed by atoms with Crippen molar-refractivity contribution in [2.24, 2.45) is 0 Å². The van der Waals surface area contributed by atoms with Crippen molar-refractivity contribution in [1.82, 2.24) is 15.3 Å². The molecule has 0 spiro atoms. The van der Waals surface area contributed by atoms with E-state index < -0.39 is 0 Å². The van der Waals surface area contributed by atoms with Crippen LogP contribution in [0.5, 0.6) is 0 Å². The summed E-state index contributed by atoms with van der Waals surface area (Å²) in [6, 6.07) is 9.75. The summed E-state index contributed by atoms with van der Waals surface area (Å²) in [5, 5.41) is 4.03. The minimum atomic E-state index is 0.726. The molecule has 0 bridgehead atoms. The fraction of sp³-hybridized carbons (Fsp3) is 0.286. The van der Waals surface area contributed by atoms with Crippen LogP contribution in [0, 0.1) is 0 Å². The molecule has 0 saturated heterocycles. The van der Waals surface area contributed by atoms with Gasteiger partial charge in [-0.05, 0) is 24.7 Å². The van der Waals surface area contributed by atoms with Crippen LogP contribution in [0.2, 0.25) is 5.02 Å². The Morgan fingerprint density at radius 1 is 1.26 bits per heavy atom. The molecule has 3 nitrogen and oxygen atoms in total. The molecule has 100 valence electrons. The molecule has 0 radical (unpaired) electrons. The molecule has 1 N–H and O–H groups in total. The third kappa shape index (κ3) is 4.49. The highest BCUT2D eigenvalue weighted by molar-refractivity contribution is 7.98. The Labute approximate surface area is 122 Å². The molecule has 0 saturated carbocycles. The summed E-state index contributed by atoms with van der Waals surface area (Å²) < 4.78 is 0. The van der Waals surface area contributed by atoms with Crippen molar-refractivity contribution in [2.45, 2.75) is 24.1 Å². The van der Waals surface area contributed by atoms with Gasteiger partial charge in [0.1, 0.15) is 5.82 Å². The molecule has 1 heterocycles. The number of nitrogens with zero attached hydrogens (tertiary/aromatic N) is 2. The Balaban J connectivity index is 1.98. The van der Waals surface area contributed by atoms with E-state index in [1.807, 2.05) is 36.5 Å². The number of halogens is 1. The van der Waals surface area contributed by atoms with E-state index in [-0.39, 0.29) is 0 Å². The third-order valence-corrected chi connectivity index (χ3v) is 4.02. The zero-order valence-corrected chi connectivity index (χ0v) is 12.3. The first-order valence-corrected chi connectivity index (χ1v) is 7.55. The zero-order valence-electron chi connectivity index (χ0n) is 10.8. The van der Waals surface area contributed by atoms with Gasteiger partial charge in [-0.15, -0.1) is 11.8 Å². The fourth-order valence-electron chi connectivity index (χ4n) is 1.57. The molecule has 0 aliphatic heterocycles. The lowest BCUT2D eigenvalue weighted by atomic mass is 10.4. The van der Waals surface area contributed by atoms with E-state index in [4.69, 9.17) is 11.6 Å². The lowest BCUT2D eigenvalue weighted by molar-refractivity contribution is 0.704. The molecule has 0 aliphatic rings. The first-order valence-electron chi connectivity index (χ1n) is 6.18. The molecule has 1 aromatic heterocycles. The standard InChI is InChI=1S/C14H16ClN3S/c1-2-16-9-11-7-8-17-14(18-11)10-19-13-6-4-3-5-12(13)15/h3-8,16H,2,9-10H2,1H3. The van der Waals surface area contributed by atoms with Crippen LogP contribution in [-0.4, -0.2) is 16.5 Å². The van der Waals surface area contributed by atoms with Gasteiger partial charge in [-0.3, -0.25) is 0 Å². The number of benzene rings is 1. The van der Waals surface area contributed by atoms with E-state index in [0.29, 0.717) is 0 Å². The van der Waals surface area contributed by atoms with Crippen LogP contribution in [0.4, 0.5) is 0 Å². The van der Waals surface area contributed by atoms with E-state index in [1.165, 1.54) is 0 Å². The van der Waals surface area contributed by atoms with E-state index in [0.717, 1.165) is 40.3 Å². The number of aromatic nitrogens is 2. The molecular weight excluding hydrogens is 278 g/mol. The van der Waals surface area contributed by atoms with Gasteiger partial charge in [-0.1, -0.05) is 30.7 Å². The van der Waals surface area contributed by atoms with Crippen molar-refractivity contribution >= 4 is 23.4 Å². The van der Waals surface area contributed by atoms with E-state index in [2.05, 4.69) is 22.2 Å². The number of nitrogens with one attached hydrogen (secondary N) is 1. The predicted molar refractivity (Wildman–Crippen MR) is 80.4 cm³/mol. The summed E-state index contributed by atoms with van der Waals surface area (Å²) >= 11 is 7.77. The third-order valence-electron chi connectivity index (χ3n) is 2.51. The number of hydrogen-bond donors (Lipinski definition) is 1. The smallest absolute Gasteiger partial charge is 0.138 e. The van der Waals surface area contributed by atoms with Crippen molar-refractivity contribution < 1.29 is 0 Å². The molecule has 0 unspecified atom stereocenters. The molecule has 2 rings (SSSR count). The first kappa shape index (κ1) is 14.3. The lowest BCUT2D eigenvalue weighted by Crippen LogP contribution is -2.13. The Morgan fingerprint density at radius 3 is 2.89 bits per heavy atom. The number of thioether (sulfide) groups is 1. The number of hydrogen-bond acceptors (Lipinski definition) is 4. The van der Waals surface area contributed by atoms with Crippen LogP contribution >= 0.6 is 23.4 Å². The molecule has 5 heteroatoms. The van der Waals surface area contributed by atoms with Gasteiger partial charge in [-0.2, -0.15) is 0 Å². The summed E-state index contributed by atoms with van der Waals surface area (Å²) in [4.78, 5) is 9.87. The summed E-state index contributed by atoms with van der Waals surface area (Å²) in [6.45, 7) is 3.80. The highest BCUT2D eigenvalue weighted by Gasteiger charge is 2.03. The second-order valence-electron chi connectivity index (χ2n) is 3.96. The van der Waals surface area contributed by atoms with Crippen molar-refractivity contribution in [3.8, 4) is 0 Å². The second kappa shape index (κ2) is 7.48. The van der Waals surface area contributed by atoms with Crippen LogP contribution in [0.15, 0.2) is 41.4 Å². The van der Waals surface area contributed by atoms with E-state index >= 15 is 0 Å². The highest BCUT2D eigenvalue weighted by atomic mass is 35.5. The highest BCUT2D eigenvalue weighted by Crippen LogP contribution is 2.28. The van der Waals surface area contributed by atoms with E-state index in [9.17, 15) is 0 Å². The Bertz CT molecular complexity index is 534. The van der Waals surface area contributed by atoms with Gasteiger partial charge in [-0.25, -0.2) is 9.97 Å². The molecule has 0 atom stereocenters. The van der Waals surface area contributed by atoms with Crippen LogP contribution in [-0.2, 0) is 12.3 Å². The summed E-state index contributed by atoms with van der Waals surface area (Å²) in [5.74, 6) is 1.56. The predicted octanol–water partition coefficient (Wildman–Crippen LogP) is 3.53. The van der Waals surface area contributed by atoms with E-state index in [1.54, 1.807) is 11.8 Å². The maximum atomic E-state index is 6.12. The molecule has 0 amide bonds. The average molecular weight is 294 g/mol. The Morgan fingerprint density at radius 2 is 2.11 bits per heavy atom. The fourth-order valence-corrected chi connectivity index (χ4v) is 2.67. The zero-order chi connectivity index (χ0) is 13.5. The molecule has 1 aromatic carbocycles. The SMILES string of the molecule is CCNCc1ccnc(CSc2ccccc2Cl)n1. The number of rotatable bonds is 6. The van der Waals surface area contributed by atoms with Gasteiger partial charge in [0.15, 0.2) is 0 Å². The van der Waals surface area contributed by atoms with Crippen molar-refractivity contribution in [1.29, 1.82) is 0 Å². The van der Waals surface area contributed by atoms with Crippen LogP contribution in [0.3, 0.4) is 0 Å². The minimum Gasteiger partial charge on any atom is -0.311 e. The average Bonchev–Trinajstić information content (AvgIpc) is 2.45. The van der Waals surface area contributed by atoms with Crippen LogP contribution in [0.25, 0.3) is 0 Å². The van der Waals surface area contributed by atoms with Gasteiger partial charge in [0.05, 0.1) is 16.5 Å². The second-order valence-corrected chi connectivity index (χ2v) is 5.39. The quantitative estimate of drug-likeness (QED) is 0.827. The molecule has 2 aromatic rings. The maximum Gasteiger partial charge on any atom is 0.138 e. The maximum absolute atomic E-state index is 6.12. The van der Waals surface area contributed by atoms with Crippen LogP contribution < -0.4 is 5.32 Å². The monoisotopic (exact) mass is 293 g/mol. The van der Waals surface area contributed by atoms with Crippen molar-refractivity contribution in [3.05, 3.63) is 53.1 Å². The molecule has 19 heavy (non-hydrogen) atoms. The molecule has 0 fully saturated rings.